The second kappa shape index (κ2) is 5.77. The molecule has 0 saturated heterocycles. The van der Waals surface area contributed by atoms with Crippen LogP contribution in [0.15, 0.2) is 18.2 Å². The van der Waals surface area contributed by atoms with E-state index in [0.29, 0.717) is 6.54 Å². The van der Waals surface area contributed by atoms with Gasteiger partial charge in [-0.15, -0.1) is 0 Å². The number of rotatable bonds is 5. The second-order valence-corrected chi connectivity index (χ2v) is 7.11. The quantitative estimate of drug-likeness (QED) is 0.874. The lowest BCUT2D eigenvalue weighted by Gasteiger charge is -2.43. The Morgan fingerprint density at radius 2 is 1.95 bits per heavy atom. The third kappa shape index (κ3) is 3.17. The molecule has 2 N–H and O–H groups in total. The van der Waals surface area contributed by atoms with Crippen LogP contribution in [0.4, 0.5) is 0 Å². The van der Waals surface area contributed by atoms with Gasteiger partial charge in [-0.05, 0) is 61.3 Å². The van der Waals surface area contributed by atoms with Gasteiger partial charge in [0.15, 0.2) is 0 Å². The third-order valence-electron chi connectivity index (χ3n) is 4.45. The standard InChI is InChI=1S/C18H29NO/c1-5-14-7-8-16(15(13-14)17(2,3)4)20-18(11-12-19)9-6-10-18/h7-8,13H,5-6,9-12,19H2,1-4H3. The van der Waals surface area contributed by atoms with Crippen LogP contribution in [0.2, 0.25) is 0 Å². The first-order valence-corrected chi connectivity index (χ1v) is 7.93. The van der Waals surface area contributed by atoms with Crippen molar-refractivity contribution in [2.75, 3.05) is 6.54 Å². The minimum atomic E-state index is 0.00246. The van der Waals surface area contributed by atoms with Crippen molar-refractivity contribution in [3.8, 4) is 5.75 Å². The maximum absolute atomic E-state index is 6.46. The highest BCUT2D eigenvalue weighted by Crippen LogP contribution is 2.42. The fourth-order valence-electron chi connectivity index (χ4n) is 2.94. The molecule has 0 atom stereocenters. The molecule has 1 saturated carbocycles. The molecule has 1 aliphatic rings. The maximum atomic E-state index is 6.46. The zero-order valence-electron chi connectivity index (χ0n) is 13.5. The summed E-state index contributed by atoms with van der Waals surface area (Å²) in [6.45, 7) is 9.67. The van der Waals surface area contributed by atoms with E-state index in [4.69, 9.17) is 10.5 Å². The summed E-state index contributed by atoms with van der Waals surface area (Å²) in [4.78, 5) is 0. The molecule has 0 aliphatic heterocycles. The SMILES string of the molecule is CCc1ccc(OC2(CCN)CCC2)c(C(C)(C)C)c1. The van der Waals surface area contributed by atoms with Crippen molar-refractivity contribution in [2.24, 2.45) is 5.73 Å². The lowest BCUT2D eigenvalue weighted by Crippen LogP contribution is -2.45. The number of aryl methyl sites for hydroxylation is 1. The molecule has 0 heterocycles. The van der Waals surface area contributed by atoms with Gasteiger partial charge >= 0.3 is 0 Å². The van der Waals surface area contributed by atoms with Gasteiger partial charge in [-0.2, -0.15) is 0 Å². The number of ether oxygens (including phenoxy) is 1. The molecule has 0 bridgehead atoms. The van der Waals surface area contributed by atoms with E-state index in [1.807, 2.05) is 0 Å². The topological polar surface area (TPSA) is 35.2 Å². The molecule has 20 heavy (non-hydrogen) atoms. The number of hydrogen-bond donors (Lipinski definition) is 1. The van der Waals surface area contributed by atoms with E-state index >= 15 is 0 Å². The molecule has 0 amide bonds. The molecular formula is C18H29NO. The first-order chi connectivity index (χ1) is 9.40. The van der Waals surface area contributed by atoms with Crippen molar-refractivity contribution < 1.29 is 4.74 Å². The smallest absolute Gasteiger partial charge is 0.123 e. The van der Waals surface area contributed by atoms with E-state index in [9.17, 15) is 0 Å². The summed E-state index contributed by atoms with van der Waals surface area (Å²) in [5.74, 6) is 1.06. The molecule has 2 rings (SSSR count). The first kappa shape index (κ1) is 15.4. The predicted octanol–water partition coefficient (Wildman–Crippen LogP) is 4.20. The van der Waals surface area contributed by atoms with Gasteiger partial charge in [-0.1, -0.05) is 39.8 Å². The van der Waals surface area contributed by atoms with Gasteiger partial charge in [0.2, 0.25) is 0 Å². The van der Waals surface area contributed by atoms with Gasteiger partial charge in [0.05, 0.1) is 0 Å². The molecule has 2 nitrogen and oxygen atoms in total. The summed E-state index contributed by atoms with van der Waals surface area (Å²) in [6, 6.07) is 6.67. The summed E-state index contributed by atoms with van der Waals surface area (Å²) in [5.41, 5.74) is 8.57. The van der Waals surface area contributed by atoms with Crippen LogP contribution in [0.5, 0.6) is 5.75 Å². The van der Waals surface area contributed by atoms with Crippen LogP contribution >= 0.6 is 0 Å². The van der Waals surface area contributed by atoms with Crippen LogP contribution in [-0.4, -0.2) is 12.1 Å². The molecule has 1 aromatic carbocycles. The van der Waals surface area contributed by atoms with E-state index in [1.165, 1.54) is 17.5 Å². The van der Waals surface area contributed by atoms with Gasteiger partial charge in [0, 0.05) is 0 Å². The Morgan fingerprint density at radius 1 is 1.25 bits per heavy atom. The average Bonchev–Trinajstić information content (AvgIpc) is 2.35. The highest BCUT2D eigenvalue weighted by atomic mass is 16.5. The summed E-state index contributed by atoms with van der Waals surface area (Å²) < 4.78 is 6.46. The second-order valence-electron chi connectivity index (χ2n) is 7.11. The van der Waals surface area contributed by atoms with Gasteiger partial charge in [-0.3, -0.25) is 0 Å². The van der Waals surface area contributed by atoms with Gasteiger partial charge in [0.25, 0.3) is 0 Å². The van der Waals surface area contributed by atoms with E-state index in [2.05, 4.69) is 45.9 Å². The van der Waals surface area contributed by atoms with Crippen molar-refractivity contribution in [3.63, 3.8) is 0 Å². The molecule has 0 spiro atoms. The Balaban J connectivity index is 2.31. The lowest BCUT2D eigenvalue weighted by molar-refractivity contribution is -0.0138. The summed E-state index contributed by atoms with van der Waals surface area (Å²) >= 11 is 0. The maximum Gasteiger partial charge on any atom is 0.123 e. The summed E-state index contributed by atoms with van der Waals surface area (Å²) in [5, 5.41) is 0. The molecule has 2 heteroatoms. The van der Waals surface area contributed by atoms with Crippen molar-refractivity contribution in [3.05, 3.63) is 29.3 Å². The van der Waals surface area contributed by atoms with Gasteiger partial charge in [-0.25, -0.2) is 0 Å². The summed E-state index contributed by atoms with van der Waals surface area (Å²) in [6.07, 6.45) is 5.58. The third-order valence-corrected chi connectivity index (χ3v) is 4.45. The molecule has 0 unspecified atom stereocenters. The van der Waals surface area contributed by atoms with Crippen molar-refractivity contribution in [1.29, 1.82) is 0 Å². The molecule has 0 aromatic heterocycles. The van der Waals surface area contributed by atoms with Crippen molar-refractivity contribution in [2.45, 2.75) is 70.8 Å². The number of benzene rings is 1. The lowest BCUT2D eigenvalue weighted by atomic mass is 9.77. The van der Waals surface area contributed by atoms with Crippen LogP contribution in [0, 0.1) is 0 Å². The van der Waals surface area contributed by atoms with E-state index in [1.54, 1.807) is 0 Å². The van der Waals surface area contributed by atoms with E-state index < -0.39 is 0 Å². The fourth-order valence-corrected chi connectivity index (χ4v) is 2.94. The predicted molar refractivity (Wildman–Crippen MR) is 85.4 cm³/mol. The van der Waals surface area contributed by atoms with Gasteiger partial charge < -0.3 is 10.5 Å². The minimum Gasteiger partial charge on any atom is -0.487 e. The Bertz CT molecular complexity index is 455. The zero-order chi connectivity index (χ0) is 14.8. The Labute approximate surface area is 123 Å². The van der Waals surface area contributed by atoms with E-state index in [-0.39, 0.29) is 11.0 Å². The monoisotopic (exact) mass is 275 g/mol. The molecule has 1 aromatic rings. The van der Waals surface area contributed by atoms with Gasteiger partial charge in [0.1, 0.15) is 11.4 Å². The minimum absolute atomic E-state index is 0.00246. The number of nitrogens with two attached hydrogens (primary N) is 1. The van der Waals surface area contributed by atoms with E-state index in [0.717, 1.165) is 31.4 Å². The average molecular weight is 275 g/mol. The zero-order valence-corrected chi connectivity index (χ0v) is 13.5. The highest BCUT2D eigenvalue weighted by molar-refractivity contribution is 5.42. The first-order valence-electron chi connectivity index (χ1n) is 7.93. The van der Waals surface area contributed by atoms with Crippen LogP contribution in [-0.2, 0) is 11.8 Å². The molecule has 1 aliphatic carbocycles. The van der Waals surface area contributed by atoms with Crippen molar-refractivity contribution >= 4 is 0 Å². The Kier molecular flexibility index (Phi) is 4.43. The Morgan fingerprint density at radius 3 is 2.40 bits per heavy atom. The molecular weight excluding hydrogens is 246 g/mol. The van der Waals surface area contributed by atoms with Crippen LogP contribution in [0.3, 0.4) is 0 Å². The normalized spacial score (nSPS) is 17.6. The molecule has 1 fully saturated rings. The fraction of sp³-hybridized carbons (Fsp3) is 0.667. The Hall–Kier alpha value is -1.02. The molecule has 112 valence electrons. The molecule has 0 radical (unpaired) electrons. The number of hydrogen-bond acceptors (Lipinski definition) is 2. The highest BCUT2D eigenvalue weighted by Gasteiger charge is 2.39. The van der Waals surface area contributed by atoms with Crippen LogP contribution in [0.25, 0.3) is 0 Å². The van der Waals surface area contributed by atoms with Crippen LogP contribution in [0.1, 0.15) is 64.5 Å². The largest absolute Gasteiger partial charge is 0.487 e. The van der Waals surface area contributed by atoms with Crippen molar-refractivity contribution in [1.82, 2.24) is 0 Å². The van der Waals surface area contributed by atoms with Crippen LogP contribution < -0.4 is 10.5 Å². The summed E-state index contributed by atoms with van der Waals surface area (Å²) in [7, 11) is 0.